The van der Waals surface area contributed by atoms with Crippen molar-refractivity contribution in [3.8, 4) is 11.5 Å². The number of hydrogen-bond acceptors (Lipinski definition) is 5. The fourth-order valence-corrected chi connectivity index (χ4v) is 2.38. The SMILES string of the molecule is COc1cc([N+](=O)[O-])ccc1NC(=O)NCOc1c(C)ccc(C)c1C. The predicted molar refractivity (Wildman–Crippen MR) is 98.0 cm³/mol. The first-order chi connectivity index (χ1) is 12.3. The molecule has 2 aromatic carbocycles. The number of amides is 2. The van der Waals surface area contributed by atoms with Gasteiger partial charge in [0.2, 0.25) is 0 Å². The van der Waals surface area contributed by atoms with Crippen molar-refractivity contribution in [1.29, 1.82) is 0 Å². The summed E-state index contributed by atoms with van der Waals surface area (Å²) >= 11 is 0. The number of ether oxygens (including phenoxy) is 2. The van der Waals surface area contributed by atoms with Crippen LogP contribution in [0.1, 0.15) is 16.7 Å². The number of aryl methyl sites for hydroxylation is 2. The van der Waals surface area contributed by atoms with E-state index in [1.165, 1.54) is 25.3 Å². The highest BCUT2D eigenvalue weighted by atomic mass is 16.6. The van der Waals surface area contributed by atoms with Gasteiger partial charge in [0.15, 0.2) is 6.73 Å². The first-order valence-corrected chi connectivity index (χ1v) is 7.90. The van der Waals surface area contributed by atoms with E-state index in [-0.39, 0.29) is 18.2 Å². The number of methoxy groups -OCH3 is 1. The summed E-state index contributed by atoms with van der Waals surface area (Å²) in [6.45, 7) is 5.86. The van der Waals surface area contributed by atoms with Crippen molar-refractivity contribution >= 4 is 17.4 Å². The molecule has 0 unspecified atom stereocenters. The minimum absolute atomic E-state index is 0.0216. The van der Waals surface area contributed by atoms with Gasteiger partial charge in [-0.15, -0.1) is 0 Å². The Morgan fingerprint density at radius 2 is 1.85 bits per heavy atom. The average molecular weight is 359 g/mol. The fraction of sp³-hybridized carbons (Fsp3) is 0.278. The zero-order chi connectivity index (χ0) is 19.3. The molecule has 0 saturated heterocycles. The number of anilines is 1. The van der Waals surface area contributed by atoms with Crippen LogP contribution in [0.5, 0.6) is 11.5 Å². The standard InChI is InChI=1S/C18H21N3O5/c1-11-5-6-12(2)17(13(11)3)26-10-19-18(22)20-15-8-7-14(21(23)24)9-16(15)25-4/h5-9H,10H2,1-4H3,(H2,19,20,22). The van der Waals surface area contributed by atoms with Crippen LogP contribution < -0.4 is 20.1 Å². The number of non-ortho nitro benzene ring substituents is 1. The molecular formula is C18H21N3O5. The second-order valence-corrected chi connectivity index (χ2v) is 5.71. The molecule has 138 valence electrons. The van der Waals surface area contributed by atoms with Gasteiger partial charge in [-0.1, -0.05) is 12.1 Å². The van der Waals surface area contributed by atoms with E-state index in [1.54, 1.807) is 0 Å². The Bertz CT molecular complexity index is 836. The molecule has 0 heterocycles. The van der Waals surface area contributed by atoms with Crippen LogP contribution in [0.15, 0.2) is 30.3 Å². The van der Waals surface area contributed by atoms with Crippen molar-refractivity contribution in [2.75, 3.05) is 19.2 Å². The molecule has 8 heteroatoms. The lowest BCUT2D eigenvalue weighted by molar-refractivity contribution is -0.384. The van der Waals surface area contributed by atoms with E-state index in [0.29, 0.717) is 5.69 Å². The van der Waals surface area contributed by atoms with Crippen LogP contribution in [0.2, 0.25) is 0 Å². The van der Waals surface area contributed by atoms with Crippen molar-refractivity contribution in [2.24, 2.45) is 0 Å². The minimum Gasteiger partial charge on any atom is -0.494 e. The molecule has 2 rings (SSSR count). The monoisotopic (exact) mass is 359 g/mol. The normalized spacial score (nSPS) is 10.2. The van der Waals surface area contributed by atoms with E-state index in [4.69, 9.17) is 9.47 Å². The van der Waals surface area contributed by atoms with Gasteiger partial charge in [0.25, 0.3) is 5.69 Å². The molecular weight excluding hydrogens is 338 g/mol. The molecule has 0 saturated carbocycles. The van der Waals surface area contributed by atoms with Gasteiger partial charge >= 0.3 is 6.03 Å². The average Bonchev–Trinajstić information content (AvgIpc) is 2.61. The third-order valence-electron chi connectivity index (χ3n) is 3.97. The van der Waals surface area contributed by atoms with E-state index in [0.717, 1.165) is 22.4 Å². The minimum atomic E-state index is -0.535. The Balaban J connectivity index is 1.98. The van der Waals surface area contributed by atoms with Crippen LogP contribution in [0, 0.1) is 30.9 Å². The van der Waals surface area contributed by atoms with E-state index < -0.39 is 11.0 Å². The Hall–Kier alpha value is -3.29. The highest BCUT2D eigenvalue weighted by molar-refractivity contribution is 5.91. The number of carbonyl (C=O) groups is 1. The third kappa shape index (κ3) is 4.41. The second-order valence-electron chi connectivity index (χ2n) is 5.71. The molecule has 2 N–H and O–H groups in total. The molecule has 0 bridgehead atoms. The van der Waals surface area contributed by atoms with Gasteiger partial charge in [-0.3, -0.25) is 10.1 Å². The highest BCUT2D eigenvalue weighted by Gasteiger charge is 2.13. The number of nitro groups is 1. The highest BCUT2D eigenvalue weighted by Crippen LogP contribution is 2.29. The van der Waals surface area contributed by atoms with E-state index in [2.05, 4.69) is 10.6 Å². The van der Waals surface area contributed by atoms with Crippen LogP contribution in [0.4, 0.5) is 16.2 Å². The summed E-state index contributed by atoms with van der Waals surface area (Å²) < 4.78 is 10.7. The molecule has 0 radical (unpaired) electrons. The fourth-order valence-electron chi connectivity index (χ4n) is 2.38. The number of nitrogens with one attached hydrogen (secondary N) is 2. The molecule has 8 nitrogen and oxygen atoms in total. The number of rotatable bonds is 6. The molecule has 2 aromatic rings. The molecule has 2 amide bonds. The Labute approximate surface area is 151 Å². The summed E-state index contributed by atoms with van der Waals surface area (Å²) in [5, 5.41) is 15.9. The van der Waals surface area contributed by atoms with Crippen LogP contribution >= 0.6 is 0 Å². The lowest BCUT2D eigenvalue weighted by Crippen LogP contribution is -2.32. The maximum absolute atomic E-state index is 12.0. The van der Waals surface area contributed by atoms with Gasteiger partial charge in [-0.2, -0.15) is 0 Å². The molecule has 0 aliphatic rings. The van der Waals surface area contributed by atoms with Crippen LogP contribution in [-0.4, -0.2) is 24.8 Å². The van der Waals surface area contributed by atoms with Crippen LogP contribution in [0.3, 0.4) is 0 Å². The van der Waals surface area contributed by atoms with E-state index >= 15 is 0 Å². The third-order valence-corrected chi connectivity index (χ3v) is 3.97. The summed E-state index contributed by atoms with van der Waals surface area (Å²) in [7, 11) is 1.37. The summed E-state index contributed by atoms with van der Waals surface area (Å²) in [6.07, 6.45) is 0. The van der Waals surface area contributed by atoms with Gasteiger partial charge in [-0.05, 0) is 43.5 Å². The largest absolute Gasteiger partial charge is 0.494 e. The molecule has 0 aliphatic heterocycles. The Morgan fingerprint density at radius 1 is 1.15 bits per heavy atom. The van der Waals surface area contributed by atoms with Crippen molar-refractivity contribution in [3.05, 3.63) is 57.1 Å². The zero-order valence-electron chi connectivity index (χ0n) is 15.1. The number of carbonyl (C=O) groups excluding carboxylic acids is 1. The summed E-state index contributed by atoms with van der Waals surface area (Å²) in [5.74, 6) is 0.929. The smallest absolute Gasteiger partial charge is 0.321 e. The van der Waals surface area contributed by atoms with Gasteiger partial charge < -0.3 is 20.1 Å². The van der Waals surface area contributed by atoms with E-state index in [9.17, 15) is 14.9 Å². The van der Waals surface area contributed by atoms with Crippen molar-refractivity contribution in [3.63, 3.8) is 0 Å². The lowest BCUT2D eigenvalue weighted by atomic mass is 10.1. The van der Waals surface area contributed by atoms with Crippen LogP contribution in [-0.2, 0) is 0 Å². The summed E-state index contributed by atoms with van der Waals surface area (Å²) in [6, 6.07) is 7.39. The number of nitrogens with zero attached hydrogens (tertiary/aromatic N) is 1. The number of hydrogen-bond donors (Lipinski definition) is 2. The molecule has 0 aromatic heterocycles. The van der Waals surface area contributed by atoms with Crippen molar-refractivity contribution < 1.29 is 19.2 Å². The Kier molecular flexibility index (Phi) is 6.00. The van der Waals surface area contributed by atoms with Gasteiger partial charge in [-0.25, -0.2) is 4.79 Å². The van der Waals surface area contributed by atoms with E-state index in [1.807, 2.05) is 32.9 Å². The van der Waals surface area contributed by atoms with Crippen LogP contribution in [0.25, 0.3) is 0 Å². The van der Waals surface area contributed by atoms with Gasteiger partial charge in [0, 0.05) is 6.07 Å². The molecule has 0 spiro atoms. The number of urea groups is 1. The molecule has 0 atom stereocenters. The van der Waals surface area contributed by atoms with Gasteiger partial charge in [0.05, 0.1) is 23.8 Å². The second kappa shape index (κ2) is 8.19. The number of benzene rings is 2. The molecule has 26 heavy (non-hydrogen) atoms. The maximum Gasteiger partial charge on any atom is 0.321 e. The molecule has 0 fully saturated rings. The zero-order valence-corrected chi connectivity index (χ0v) is 15.1. The number of nitro benzene ring substituents is 1. The lowest BCUT2D eigenvalue weighted by Gasteiger charge is -2.15. The molecule has 0 aliphatic carbocycles. The summed E-state index contributed by atoms with van der Waals surface area (Å²) in [5.41, 5.74) is 3.29. The maximum atomic E-state index is 12.0. The predicted octanol–water partition coefficient (Wildman–Crippen LogP) is 3.69. The van der Waals surface area contributed by atoms with Crippen molar-refractivity contribution in [2.45, 2.75) is 20.8 Å². The summed E-state index contributed by atoms with van der Waals surface area (Å²) in [4.78, 5) is 22.3. The first-order valence-electron chi connectivity index (χ1n) is 7.90. The van der Waals surface area contributed by atoms with Gasteiger partial charge in [0.1, 0.15) is 11.5 Å². The quantitative estimate of drug-likeness (QED) is 0.465. The Morgan fingerprint density at radius 3 is 2.50 bits per heavy atom. The topological polar surface area (TPSA) is 103 Å². The van der Waals surface area contributed by atoms with Crippen molar-refractivity contribution in [1.82, 2.24) is 5.32 Å². The first kappa shape index (κ1) is 19.0.